The summed E-state index contributed by atoms with van der Waals surface area (Å²) in [4.78, 5) is 7.07. The number of benzene rings is 2. The molecule has 37 heavy (non-hydrogen) atoms. The predicted octanol–water partition coefficient (Wildman–Crippen LogP) is 9.28. The van der Waals surface area contributed by atoms with Crippen LogP contribution in [0.25, 0.3) is 17.2 Å². The highest BCUT2D eigenvalue weighted by atomic mass is 32.3. The largest absolute Gasteiger partial charge is 0.253 e. The first-order chi connectivity index (χ1) is 18.0. The number of aliphatic imine (C=N–C) groups is 1. The van der Waals surface area contributed by atoms with Gasteiger partial charge in [-0.25, -0.2) is 0 Å². The summed E-state index contributed by atoms with van der Waals surface area (Å²) in [5, 5.41) is 5.54. The summed E-state index contributed by atoms with van der Waals surface area (Å²) in [6.45, 7) is 4.50. The highest BCUT2D eigenvalue weighted by Crippen LogP contribution is 2.80. The minimum absolute atomic E-state index is 0.552. The molecule has 188 valence electrons. The summed E-state index contributed by atoms with van der Waals surface area (Å²) in [6, 6.07) is 17.7. The van der Waals surface area contributed by atoms with Crippen molar-refractivity contribution in [3.63, 3.8) is 0 Å². The van der Waals surface area contributed by atoms with Crippen LogP contribution in [0.5, 0.6) is 0 Å². The number of rotatable bonds is 7. The number of nitrogens with zero attached hydrogens (tertiary/aromatic N) is 1. The van der Waals surface area contributed by atoms with Gasteiger partial charge < -0.3 is 0 Å². The zero-order valence-corrected chi connectivity index (χ0v) is 23.1. The maximum Gasteiger partial charge on any atom is 0.0673 e. The molecule has 2 aromatic carbocycles. The van der Waals surface area contributed by atoms with E-state index in [1.165, 1.54) is 44.8 Å². The summed E-state index contributed by atoms with van der Waals surface area (Å²) in [5.74, 6) is 0. The van der Waals surface area contributed by atoms with Gasteiger partial charge in [-0.1, -0.05) is 105 Å². The van der Waals surface area contributed by atoms with Crippen LogP contribution in [0.4, 0.5) is 0 Å². The Bertz CT molecular complexity index is 1550. The summed E-state index contributed by atoms with van der Waals surface area (Å²) in [6.07, 6.45) is 24.0. The van der Waals surface area contributed by atoms with E-state index in [9.17, 15) is 0 Å². The Balaban J connectivity index is 1.36. The van der Waals surface area contributed by atoms with Gasteiger partial charge in [-0.3, -0.25) is 4.99 Å². The van der Waals surface area contributed by atoms with Crippen LogP contribution in [-0.4, -0.2) is 22.1 Å². The number of fused-ring (bicyclic) bond motifs is 2. The van der Waals surface area contributed by atoms with Gasteiger partial charge in [-0.2, -0.15) is 8.75 Å². The maximum atomic E-state index is 5.46. The fourth-order valence-corrected chi connectivity index (χ4v) is 11.1. The van der Waals surface area contributed by atoms with Crippen LogP contribution in [0, 0.1) is 0 Å². The zero-order chi connectivity index (χ0) is 25.5. The maximum absolute atomic E-state index is 5.46. The Hall–Kier alpha value is -3.23. The van der Waals surface area contributed by atoms with Gasteiger partial charge in [0, 0.05) is 16.5 Å². The molecule has 0 fully saturated rings. The van der Waals surface area contributed by atoms with Crippen LogP contribution in [0.3, 0.4) is 0 Å². The Kier molecular flexibility index (Phi) is 6.04. The van der Waals surface area contributed by atoms with Gasteiger partial charge in [-0.15, -0.1) is 0 Å². The van der Waals surface area contributed by atoms with Crippen molar-refractivity contribution in [2.75, 3.05) is 6.26 Å². The zero-order valence-electron chi connectivity index (χ0n) is 22.3. The van der Waals surface area contributed by atoms with Crippen molar-refractivity contribution in [3.05, 3.63) is 124 Å². The van der Waals surface area contributed by atoms with E-state index in [0.717, 1.165) is 32.1 Å². The van der Waals surface area contributed by atoms with Gasteiger partial charge in [-0.05, 0) is 81.5 Å². The molecule has 1 aliphatic carbocycles. The molecule has 0 saturated carbocycles. The molecular formula is C35H37NS. The van der Waals surface area contributed by atoms with Crippen LogP contribution >= 0.6 is 8.75 Å². The summed E-state index contributed by atoms with van der Waals surface area (Å²) in [7, 11) is -1.76. The van der Waals surface area contributed by atoms with Crippen LogP contribution in [0.15, 0.2) is 118 Å². The van der Waals surface area contributed by atoms with Gasteiger partial charge in [0.1, 0.15) is 0 Å². The van der Waals surface area contributed by atoms with E-state index >= 15 is 0 Å². The van der Waals surface area contributed by atoms with E-state index < -0.39 is 8.75 Å². The van der Waals surface area contributed by atoms with Gasteiger partial charge in [0.05, 0.1) is 5.70 Å². The molecule has 2 aromatic rings. The Labute approximate surface area is 222 Å². The average Bonchev–Trinajstić information content (AvgIpc) is 3.54. The lowest BCUT2D eigenvalue weighted by atomic mass is 9.87. The second-order valence-corrected chi connectivity index (χ2v) is 15.7. The molecular weight excluding hydrogens is 466 g/mol. The van der Waals surface area contributed by atoms with E-state index in [4.69, 9.17) is 4.99 Å². The summed E-state index contributed by atoms with van der Waals surface area (Å²) < 4.78 is 0. The smallest absolute Gasteiger partial charge is 0.0673 e. The SMILES string of the molecule is CC/C=C(/N=C(CCC)C1=Cc2ccc(-c3ccccc3)cc2CC1)C1=CC=CS23(C)=C1C2C=CC=C3. The molecule has 2 heteroatoms. The van der Waals surface area contributed by atoms with Crippen molar-refractivity contribution in [1.82, 2.24) is 0 Å². The Morgan fingerprint density at radius 1 is 0.973 bits per heavy atom. The highest BCUT2D eigenvalue weighted by Gasteiger charge is 2.54. The van der Waals surface area contributed by atoms with Crippen molar-refractivity contribution in [2.24, 2.45) is 4.99 Å². The minimum atomic E-state index is -1.76. The molecule has 1 nitrogen and oxygen atoms in total. The molecule has 1 spiro atoms. The van der Waals surface area contributed by atoms with Crippen molar-refractivity contribution >= 4 is 25.4 Å². The summed E-state index contributed by atoms with van der Waals surface area (Å²) in [5.41, 5.74) is 10.6. The van der Waals surface area contributed by atoms with Crippen molar-refractivity contribution in [2.45, 2.75) is 51.2 Å². The van der Waals surface area contributed by atoms with E-state index in [2.05, 4.69) is 122 Å². The third kappa shape index (κ3) is 4.03. The molecule has 0 aromatic heterocycles. The quantitative estimate of drug-likeness (QED) is 0.264. The predicted molar refractivity (Wildman–Crippen MR) is 167 cm³/mol. The highest BCUT2D eigenvalue weighted by molar-refractivity contribution is 8.59. The molecule has 0 bridgehead atoms. The van der Waals surface area contributed by atoms with E-state index in [1.54, 1.807) is 4.86 Å². The number of hydrogen-bond donors (Lipinski definition) is 0. The van der Waals surface area contributed by atoms with Crippen molar-refractivity contribution in [1.29, 1.82) is 0 Å². The van der Waals surface area contributed by atoms with E-state index in [0.29, 0.717) is 5.25 Å². The van der Waals surface area contributed by atoms with Crippen molar-refractivity contribution < 1.29 is 0 Å². The van der Waals surface area contributed by atoms with Crippen LogP contribution < -0.4 is 0 Å². The molecule has 3 heterocycles. The monoisotopic (exact) mass is 503 g/mol. The Morgan fingerprint density at radius 3 is 2.62 bits per heavy atom. The second-order valence-electron chi connectivity index (χ2n) is 10.8. The van der Waals surface area contributed by atoms with Crippen molar-refractivity contribution in [3.8, 4) is 11.1 Å². The number of allylic oxidation sites excluding steroid dienone is 7. The number of hydrogen-bond acceptors (Lipinski definition) is 1. The van der Waals surface area contributed by atoms with Gasteiger partial charge in [0.2, 0.25) is 0 Å². The first-order valence-electron chi connectivity index (χ1n) is 13.7. The fraction of sp³-hybridized carbons (Fsp3) is 0.257. The lowest BCUT2D eigenvalue weighted by Crippen LogP contribution is -2.11. The van der Waals surface area contributed by atoms with Gasteiger partial charge >= 0.3 is 0 Å². The fourth-order valence-electron chi connectivity index (χ4n) is 6.26. The molecule has 0 saturated heterocycles. The molecule has 1 unspecified atom stereocenters. The molecule has 0 radical (unpaired) electrons. The number of aryl methyl sites for hydroxylation is 1. The molecule has 3 aliphatic heterocycles. The first-order valence-corrected chi connectivity index (χ1v) is 16.4. The molecule has 6 rings (SSSR count). The standard InChI is InChI=1S/C35H37NS/c1-4-12-32(30-21-20-28-24-27(18-19-29(28)25-30)26-14-7-6-8-15-26)36-33(13-5-2)31-16-11-23-37(3)22-10-9-17-34(37)35(31)37/h6-11,13-19,22-25,34H,4-5,12,20-21H2,1-3H3/b33-13+,36-32?. The first kappa shape index (κ1) is 24.1. The van der Waals surface area contributed by atoms with Crippen LogP contribution in [0.2, 0.25) is 0 Å². The third-order valence-corrected chi connectivity index (χ3v) is 13.2. The van der Waals surface area contributed by atoms with E-state index in [-0.39, 0.29) is 0 Å². The average molecular weight is 504 g/mol. The lowest BCUT2D eigenvalue weighted by Gasteiger charge is -2.29. The topological polar surface area (TPSA) is 12.4 Å². The Morgan fingerprint density at radius 2 is 1.81 bits per heavy atom. The lowest BCUT2D eigenvalue weighted by molar-refractivity contribution is 0.929. The van der Waals surface area contributed by atoms with E-state index in [1.807, 2.05) is 0 Å². The van der Waals surface area contributed by atoms with Crippen LogP contribution in [-0.2, 0) is 6.42 Å². The normalized spacial score (nSPS) is 23.7. The molecule has 0 N–H and O–H groups in total. The third-order valence-electron chi connectivity index (χ3n) is 8.31. The van der Waals surface area contributed by atoms with Gasteiger partial charge in [0.25, 0.3) is 0 Å². The summed E-state index contributed by atoms with van der Waals surface area (Å²) >= 11 is 0. The second kappa shape index (κ2) is 9.26. The van der Waals surface area contributed by atoms with Crippen LogP contribution in [0.1, 0.15) is 50.7 Å². The molecule has 4 aliphatic rings. The molecule has 0 amide bonds. The minimum Gasteiger partial charge on any atom is -0.253 e. The molecule has 1 atom stereocenters. The van der Waals surface area contributed by atoms with Gasteiger partial charge in [0.15, 0.2) is 0 Å².